The minimum atomic E-state index is -0.481. The van der Waals surface area contributed by atoms with Gasteiger partial charge in [0.05, 0.1) is 5.41 Å². The Morgan fingerprint density at radius 3 is 1.12 bits per heavy atom. The van der Waals surface area contributed by atoms with E-state index in [1.807, 2.05) is 0 Å². The fraction of sp³-hybridized carbons (Fsp3) is 0.0204. The Morgan fingerprint density at radius 2 is 0.667 bits per heavy atom. The molecule has 0 radical (unpaired) electrons. The predicted molar refractivity (Wildman–Crippen MR) is 217 cm³/mol. The van der Waals surface area contributed by atoms with Gasteiger partial charge in [0.2, 0.25) is 0 Å². The van der Waals surface area contributed by atoms with Gasteiger partial charge in [0, 0.05) is 21.5 Å². The zero-order valence-corrected chi connectivity index (χ0v) is 29.5. The summed E-state index contributed by atoms with van der Waals surface area (Å²) in [6.07, 6.45) is 0. The first kappa shape index (κ1) is 31.1. The average molecular weight is 717 g/mol. The van der Waals surface area contributed by atoms with Crippen molar-refractivity contribution in [2.45, 2.75) is 5.41 Å². The number of anilines is 3. The fourth-order valence-electron chi connectivity index (χ4n) is 7.93. The number of hydrogen-bond donors (Lipinski definition) is 0. The Labute approximate surface area is 308 Å². The second-order valence-electron chi connectivity index (χ2n) is 13.0. The molecule has 0 saturated carbocycles. The van der Waals surface area contributed by atoms with Crippen LogP contribution < -0.4 is 4.90 Å². The molecule has 0 spiro atoms. The first-order chi connectivity index (χ1) is 25.2. The standard InChI is InChI=1S/C49H34BrN/c50-48-22-12-11-21-47(48)49(45-19-9-7-17-43(45)44-18-8-10-20-46(44)49)39-27-33-42(34-28-39)51(40-29-23-37(24-30-40)35-13-3-1-4-14-35)41-31-25-38(26-32-41)36-15-5-2-6-16-36/h1-34H. The monoisotopic (exact) mass is 715 g/mol. The van der Waals surface area contributed by atoms with E-state index in [1.165, 1.54) is 55.6 Å². The molecule has 0 bridgehead atoms. The third kappa shape index (κ3) is 5.31. The summed E-state index contributed by atoms with van der Waals surface area (Å²) < 4.78 is 1.10. The number of hydrogen-bond acceptors (Lipinski definition) is 1. The van der Waals surface area contributed by atoms with Crippen LogP contribution in [0.2, 0.25) is 0 Å². The van der Waals surface area contributed by atoms with Crippen molar-refractivity contribution < 1.29 is 0 Å². The summed E-state index contributed by atoms with van der Waals surface area (Å²) in [4.78, 5) is 2.36. The number of fused-ring (bicyclic) bond motifs is 3. The number of halogens is 1. The molecule has 8 aromatic rings. The molecule has 2 heteroatoms. The molecule has 0 saturated heterocycles. The fourth-order valence-corrected chi connectivity index (χ4v) is 8.51. The van der Waals surface area contributed by atoms with E-state index in [-0.39, 0.29) is 0 Å². The maximum atomic E-state index is 3.98. The quantitative estimate of drug-likeness (QED) is 0.159. The Hall–Kier alpha value is -5.96. The third-order valence-corrected chi connectivity index (χ3v) is 10.9. The minimum Gasteiger partial charge on any atom is -0.311 e. The summed E-state index contributed by atoms with van der Waals surface area (Å²) in [5.74, 6) is 0. The number of nitrogens with zero attached hydrogens (tertiary/aromatic N) is 1. The van der Waals surface area contributed by atoms with Crippen LogP contribution in [0.3, 0.4) is 0 Å². The van der Waals surface area contributed by atoms with Crippen LogP contribution in [0.15, 0.2) is 211 Å². The summed E-state index contributed by atoms with van der Waals surface area (Å²) in [6.45, 7) is 0. The first-order valence-corrected chi connectivity index (χ1v) is 18.2. The molecule has 1 aliphatic carbocycles. The van der Waals surface area contributed by atoms with E-state index in [9.17, 15) is 0 Å². The molecular formula is C49H34BrN. The second-order valence-corrected chi connectivity index (χ2v) is 13.9. The van der Waals surface area contributed by atoms with Crippen molar-refractivity contribution >= 4 is 33.0 Å². The topological polar surface area (TPSA) is 3.24 Å². The molecule has 0 fully saturated rings. The van der Waals surface area contributed by atoms with Crippen LogP contribution >= 0.6 is 15.9 Å². The summed E-state index contributed by atoms with van der Waals surface area (Å²) in [6, 6.07) is 74.6. The predicted octanol–water partition coefficient (Wildman–Crippen LogP) is 13.6. The zero-order chi connectivity index (χ0) is 34.2. The molecular weight excluding hydrogens is 682 g/mol. The lowest BCUT2D eigenvalue weighted by Gasteiger charge is -2.35. The summed E-state index contributed by atoms with van der Waals surface area (Å²) >= 11 is 3.98. The van der Waals surface area contributed by atoms with Gasteiger partial charge < -0.3 is 4.90 Å². The third-order valence-electron chi connectivity index (χ3n) is 10.3. The molecule has 1 nitrogen and oxygen atoms in total. The van der Waals surface area contributed by atoms with E-state index in [2.05, 4.69) is 227 Å². The van der Waals surface area contributed by atoms with Crippen molar-refractivity contribution in [1.82, 2.24) is 0 Å². The highest BCUT2D eigenvalue weighted by atomic mass is 79.9. The maximum Gasteiger partial charge on any atom is 0.0724 e. The molecule has 0 unspecified atom stereocenters. The van der Waals surface area contributed by atoms with Crippen molar-refractivity contribution in [1.29, 1.82) is 0 Å². The largest absolute Gasteiger partial charge is 0.311 e. The maximum absolute atomic E-state index is 3.98. The van der Waals surface area contributed by atoms with Gasteiger partial charge in [0.25, 0.3) is 0 Å². The van der Waals surface area contributed by atoms with Crippen molar-refractivity contribution in [3.05, 3.63) is 233 Å². The minimum absolute atomic E-state index is 0.481. The molecule has 0 amide bonds. The van der Waals surface area contributed by atoms with Crippen molar-refractivity contribution in [3.63, 3.8) is 0 Å². The van der Waals surface area contributed by atoms with Crippen LogP contribution in [0, 0.1) is 0 Å². The summed E-state index contributed by atoms with van der Waals surface area (Å²) in [5.41, 5.74) is 15.3. The van der Waals surface area contributed by atoms with Gasteiger partial charge in [0.15, 0.2) is 0 Å². The Balaban J connectivity index is 1.19. The van der Waals surface area contributed by atoms with Crippen LogP contribution in [0.25, 0.3) is 33.4 Å². The Morgan fingerprint density at radius 1 is 0.314 bits per heavy atom. The van der Waals surface area contributed by atoms with Crippen LogP contribution in [-0.2, 0) is 5.41 Å². The SMILES string of the molecule is Brc1ccccc1C1(c2ccc(N(c3ccc(-c4ccccc4)cc3)c3ccc(-c4ccccc4)cc3)cc2)c2ccccc2-c2ccccc21. The average Bonchev–Trinajstić information content (AvgIpc) is 3.51. The van der Waals surface area contributed by atoms with Crippen LogP contribution in [0.1, 0.15) is 22.3 Å². The molecule has 242 valence electrons. The Bertz CT molecular complexity index is 2320. The Kier molecular flexibility index (Phi) is 7.95. The van der Waals surface area contributed by atoms with E-state index in [0.29, 0.717) is 0 Å². The highest BCUT2D eigenvalue weighted by Crippen LogP contribution is 2.57. The van der Waals surface area contributed by atoms with Crippen LogP contribution in [-0.4, -0.2) is 0 Å². The zero-order valence-electron chi connectivity index (χ0n) is 28.0. The molecule has 9 rings (SSSR count). The van der Waals surface area contributed by atoms with Gasteiger partial charge in [-0.15, -0.1) is 0 Å². The molecule has 51 heavy (non-hydrogen) atoms. The highest BCUT2D eigenvalue weighted by Gasteiger charge is 2.46. The van der Waals surface area contributed by atoms with Crippen LogP contribution in [0.4, 0.5) is 17.1 Å². The normalized spacial score (nSPS) is 12.6. The van der Waals surface area contributed by atoms with Gasteiger partial charge in [-0.1, -0.05) is 180 Å². The van der Waals surface area contributed by atoms with Gasteiger partial charge in [-0.3, -0.25) is 0 Å². The van der Waals surface area contributed by atoms with E-state index in [4.69, 9.17) is 0 Å². The summed E-state index contributed by atoms with van der Waals surface area (Å²) in [7, 11) is 0. The smallest absolute Gasteiger partial charge is 0.0724 e. The van der Waals surface area contributed by atoms with E-state index in [0.717, 1.165) is 21.5 Å². The van der Waals surface area contributed by atoms with Crippen molar-refractivity contribution in [2.75, 3.05) is 4.90 Å². The molecule has 0 aromatic heterocycles. The summed E-state index contributed by atoms with van der Waals surface area (Å²) in [5, 5.41) is 0. The lowest BCUT2D eigenvalue weighted by atomic mass is 9.67. The first-order valence-electron chi connectivity index (χ1n) is 17.4. The van der Waals surface area contributed by atoms with Crippen molar-refractivity contribution in [3.8, 4) is 33.4 Å². The lowest BCUT2D eigenvalue weighted by Crippen LogP contribution is -2.29. The van der Waals surface area contributed by atoms with Gasteiger partial charge in [-0.2, -0.15) is 0 Å². The van der Waals surface area contributed by atoms with E-state index in [1.54, 1.807) is 0 Å². The van der Waals surface area contributed by atoms with Gasteiger partial charge >= 0.3 is 0 Å². The number of rotatable bonds is 7. The van der Waals surface area contributed by atoms with E-state index < -0.39 is 5.41 Å². The van der Waals surface area contributed by atoms with Crippen molar-refractivity contribution in [2.24, 2.45) is 0 Å². The second kappa shape index (κ2) is 13.1. The van der Waals surface area contributed by atoms with Crippen LogP contribution in [0.5, 0.6) is 0 Å². The molecule has 0 N–H and O–H groups in total. The van der Waals surface area contributed by atoms with Gasteiger partial charge in [0.1, 0.15) is 0 Å². The molecule has 8 aromatic carbocycles. The molecule has 0 aliphatic heterocycles. The molecule has 0 heterocycles. The van der Waals surface area contributed by atoms with E-state index >= 15 is 0 Å². The van der Waals surface area contributed by atoms with Gasteiger partial charge in [-0.05, 0) is 98.1 Å². The van der Waals surface area contributed by atoms with Gasteiger partial charge in [-0.25, -0.2) is 0 Å². The molecule has 0 atom stereocenters. The number of benzene rings is 8. The molecule has 1 aliphatic rings. The lowest BCUT2D eigenvalue weighted by molar-refractivity contribution is 0.764. The highest BCUT2D eigenvalue weighted by molar-refractivity contribution is 9.10.